The molecule has 3 rings (SSSR count). The molecule has 0 fully saturated rings. The third kappa shape index (κ3) is 3.03. The van der Waals surface area contributed by atoms with E-state index in [2.05, 4.69) is 20.4 Å². The van der Waals surface area contributed by atoms with Crippen molar-refractivity contribution in [2.24, 2.45) is 7.05 Å². The molecule has 0 aliphatic carbocycles. The second-order valence-electron chi connectivity index (χ2n) is 5.24. The highest BCUT2D eigenvalue weighted by Crippen LogP contribution is 2.22. The van der Waals surface area contributed by atoms with Crippen molar-refractivity contribution in [1.82, 2.24) is 19.7 Å². The van der Waals surface area contributed by atoms with Crippen molar-refractivity contribution >= 4 is 22.8 Å². The first-order valence-corrected chi connectivity index (χ1v) is 7.30. The van der Waals surface area contributed by atoms with Crippen molar-refractivity contribution in [3.05, 3.63) is 48.2 Å². The van der Waals surface area contributed by atoms with Gasteiger partial charge in [0.25, 0.3) is 0 Å². The van der Waals surface area contributed by atoms with Gasteiger partial charge in [0, 0.05) is 13.6 Å². The molecule has 0 aliphatic rings. The van der Waals surface area contributed by atoms with E-state index in [1.165, 1.54) is 25.6 Å². The van der Waals surface area contributed by atoms with E-state index in [9.17, 15) is 9.18 Å². The minimum Gasteiger partial charge on any atom is -0.468 e. The van der Waals surface area contributed by atoms with Gasteiger partial charge in [-0.3, -0.25) is 9.48 Å². The highest BCUT2D eigenvalue weighted by atomic mass is 19.1. The summed E-state index contributed by atoms with van der Waals surface area (Å²) < 4.78 is 19.6. The third-order valence-corrected chi connectivity index (χ3v) is 3.76. The van der Waals surface area contributed by atoms with Crippen molar-refractivity contribution in [2.45, 2.75) is 5.92 Å². The van der Waals surface area contributed by atoms with Gasteiger partial charge in [0.05, 0.1) is 24.6 Å². The van der Waals surface area contributed by atoms with Crippen molar-refractivity contribution in [3.8, 4) is 0 Å². The number of hydrogen-bond donors (Lipinski definition) is 1. The summed E-state index contributed by atoms with van der Waals surface area (Å²) in [4.78, 5) is 20.4. The summed E-state index contributed by atoms with van der Waals surface area (Å²) in [5.74, 6) is -0.782. The number of carbonyl (C=O) groups excluding carboxylic acids is 1. The first-order valence-electron chi connectivity index (χ1n) is 7.30. The van der Waals surface area contributed by atoms with Crippen LogP contribution in [0, 0.1) is 5.82 Å². The average molecular weight is 329 g/mol. The van der Waals surface area contributed by atoms with E-state index < -0.39 is 11.9 Å². The number of ether oxygens (including phenoxy) is 1. The molecule has 1 atom stereocenters. The van der Waals surface area contributed by atoms with Crippen LogP contribution in [0.5, 0.6) is 0 Å². The fourth-order valence-electron chi connectivity index (χ4n) is 2.48. The topological polar surface area (TPSA) is 81.9 Å². The van der Waals surface area contributed by atoms with Gasteiger partial charge < -0.3 is 10.1 Å². The lowest BCUT2D eigenvalue weighted by atomic mass is 9.99. The number of methoxy groups -OCH3 is 1. The number of benzene rings is 1. The van der Waals surface area contributed by atoms with Gasteiger partial charge in [0.2, 0.25) is 0 Å². The molecular weight excluding hydrogens is 313 g/mol. The van der Waals surface area contributed by atoms with Gasteiger partial charge in [-0.2, -0.15) is 5.10 Å². The Kier molecular flexibility index (Phi) is 4.37. The zero-order chi connectivity index (χ0) is 17.1. The molecule has 124 valence electrons. The van der Waals surface area contributed by atoms with Gasteiger partial charge in [-0.1, -0.05) is 12.1 Å². The van der Waals surface area contributed by atoms with Gasteiger partial charge in [0.1, 0.15) is 18.0 Å². The average Bonchev–Trinajstić information content (AvgIpc) is 2.98. The number of esters is 1. The molecule has 0 radical (unpaired) electrons. The molecule has 1 unspecified atom stereocenters. The van der Waals surface area contributed by atoms with E-state index >= 15 is 0 Å². The maximum absolute atomic E-state index is 13.1. The highest BCUT2D eigenvalue weighted by molar-refractivity contribution is 5.86. The van der Waals surface area contributed by atoms with Crippen LogP contribution in [0.4, 0.5) is 10.2 Å². The van der Waals surface area contributed by atoms with Crippen LogP contribution in [0.15, 0.2) is 36.8 Å². The van der Waals surface area contributed by atoms with E-state index in [1.807, 2.05) is 0 Å². The molecule has 1 aromatic carbocycles. The molecule has 0 amide bonds. The van der Waals surface area contributed by atoms with E-state index in [0.29, 0.717) is 17.0 Å². The molecule has 0 saturated carbocycles. The Morgan fingerprint density at radius 3 is 2.79 bits per heavy atom. The minimum absolute atomic E-state index is 0.249. The van der Waals surface area contributed by atoms with Crippen LogP contribution in [0.25, 0.3) is 11.0 Å². The molecule has 1 N–H and O–H groups in total. The summed E-state index contributed by atoms with van der Waals surface area (Å²) in [6.45, 7) is 0.249. The summed E-state index contributed by atoms with van der Waals surface area (Å²) in [6.07, 6.45) is 3.08. The smallest absolute Gasteiger partial charge is 0.314 e. The van der Waals surface area contributed by atoms with E-state index in [4.69, 9.17) is 4.74 Å². The minimum atomic E-state index is -0.586. The van der Waals surface area contributed by atoms with Gasteiger partial charge >= 0.3 is 5.97 Å². The summed E-state index contributed by atoms with van der Waals surface area (Å²) >= 11 is 0. The van der Waals surface area contributed by atoms with Gasteiger partial charge in [0.15, 0.2) is 5.65 Å². The zero-order valence-corrected chi connectivity index (χ0v) is 13.2. The summed E-state index contributed by atoms with van der Waals surface area (Å²) in [5.41, 5.74) is 1.34. The quantitative estimate of drug-likeness (QED) is 0.720. The zero-order valence-electron chi connectivity index (χ0n) is 13.2. The standard InChI is InChI=1S/C16H16FN5O2/c1-22-15-13(8-21-22)14(19-9-20-15)18-7-12(16(23)24-2)10-3-5-11(17)6-4-10/h3-6,8-9,12H,7H2,1-2H3,(H,18,19,20). The fraction of sp³-hybridized carbons (Fsp3) is 0.250. The second-order valence-corrected chi connectivity index (χ2v) is 5.24. The van der Waals surface area contributed by atoms with E-state index in [0.717, 1.165) is 5.39 Å². The lowest BCUT2D eigenvalue weighted by molar-refractivity contribution is -0.142. The summed E-state index contributed by atoms with van der Waals surface area (Å²) in [6, 6.07) is 5.76. The Balaban J connectivity index is 1.85. The maximum atomic E-state index is 13.1. The van der Waals surface area contributed by atoms with Crippen LogP contribution in [0.1, 0.15) is 11.5 Å². The van der Waals surface area contributed by atoms with Crippen molar-refractivity contribution in [2.75, 3.05) is 19.0 Å². The van der Waals surface area contributed by atoms with Crippen LogP contribution >= 0.6 is 0 Å². The molecule has 8 heteroatoms. The van der Waals surface area contributed by atoms with Crippen molar-refractivity contribution in [1.29, 1.82) is 0 Å². The first kappa shape index (κ1) is 15.9. The molecular formula is C16H16FN5O2. The van der Waals surface area contributed by atoms with Crippen LogP contribution in [-0.4, -0.2) is 39.4 Å². The Labute approximate surface area is 137 Å². The number of carbonyl (C=O) groups is 1. The molecule has 24 heavy (non-hydrogen) atoms. The molecule has 0 aliphatic heterocycles. The van der Waals surface area contributed by atoms with Gasteiger partial charge in [-0.05, 0) is 17.7 Å². The largest absolute Gasteiger partial charge is 0.468 e. The van der Waals surface area contributed by atoms with Crippen LogP contribution in [0.3, 0.4) is 0 Å². The predicted octanol–water partition coefficient (Wildman–Crippen LogP) is 1.87. The Morgan fingerprint density at radius 1 is 1.33 bits per heavy atom. The number of nitrogens with zero attached hydrogens (tertiary/aromatic N) is 4. The number of hydrogen-bond acceptors (Lipinski definition) is 6. The number of halogens is 1. The molecule has 2 aromatic heterocycles. The molecule has 3 aromatic rings. The SMILES string of the molecule is COC(=O)C(CNc1ncnc2c1cnn2C)c1ccc(F)cc1. The van der Waals surface area contributed by atoms with E-state index in [-0.39, 0.29) is 12.4 Å². The fourth-order valence-corrected chi connectivity index (χ4v) is 2.48. The molecule has 0 spiro atoms. The monoisotopic (exact) mass is 329 g/mol. The van der Waals surface area contributed by atoms with E-state index in [1.54, 1.807) is 30.1 Å². The summed E-state index contributed by atoms with van der Waals surface area (Å²) in [5, 5.41) is 8.03. The Morgan fingerprint density at radius 2 is 2.08 bits per heavy atom. The summed E-state index contributed by atoms with van der Waals surface area (Å²) in [7, 11) is 3.11. The maximum Gasteiger partial charge on any atom is 0.314 e. The first-order chi connectivity index (χ1) is 11.6. The van der Waals surface area contributed by atoms with Crippen LogP contribution in [-0.2, 0) is 16.6 Å². The molecule has 0 bridgehead atoms. The highest BCUT2D eigenvalue weighted by Gasteiger charge is 2.22. The number of nitrogens with one attached hydrogen (secondary N) is 1. The molecule has 2 heterocycles. The Hall–Kier alpha value is -3.03. The number of rotatable bonds is 5. The molecule has 7 nitrogen and oxygen atoms in total. The lowest BCUT2D eigenvalue weighted by Crippen LogP contribution is -2.23. The third-order valence-electron chi connectivity index (χ3n) is 3.76. The van der Waals surface area contributed by atoms with Gasteiger partial charge in [-0.15, -0.1) is 0 Å². The van der Waals surface area contributed by atoms with Crippen molar-refractivity contribution < 1.29 is 13.9 Å². The Bertz CT molecular complexity index is 863. The van der Waals surface area contributed by atoms with Crippen molar-refractivity contribution in [3.63, 3.8) is 0 Å². The normalized spacial score (nSPS) is 12.1. The van der Waals surface area contributed by atoms with Gasteiger partial charge in [-0.25, -0.2) is 14.4 Å². The van der Waals surface area contributed by atoms with Crippen LogP contribution < -0.4 is 5.32 Å². The number of fused-ring (bicyclic) bond motifs is 1. The number of aromatic nitrogens is 4. The lowest BCUT2D eigenvalue weighted by Gasteiger charge is -2.16. The second kappa shape index (κ2) is 6.61. The predicted molar refractivity (Wildman–Crippen MR) is 86.0 cm³/mol. The number of anilines is 1. The molecule has 0 saturated heterocycles. The number of aryl methyl sites for hydroxylation is 1. The van der Waals surface area contributed by atoms with Crippen LogP contribution in [0.2, 0.25) is 0 Å².